The second-order valence-electron chi connectivity index (χ2n) is 7.20. The lowest BCUT2D eigenvalue weighted by molar-refractivity contribution is -0.131. The number of methoxy groups -OCH3 is 1. The van der Waals surface area contributed by atoms with Gasteiger partial charge in [-0.1, -0.05) is 12.1 Å². The summed E-state index contributed by atoms with van der Waals surface area (Å²) < 4.78 is 5.30. The van der Waals surface area contributed by atoms with E-state index in [2.05, 4.69) is 21.9 Å². The summed E-state index contributed by atoms with van der Waals surface area (Å²) in [5, 5.41) is 0. The minimum Gasteiger partial charge on any atom is -0.497 e. The number of ether oxygens (including phenoxy) is 1. The fourth-order valence-corrected chi connectivity index (χ4v) is 4.29. The number of benzene rings is 1. The molecule has 3 fully saturated rings. The van der Waals surface area contributed by atoms with E-state index in [1.165, 1.54) is 31.5 Å². The first-order chi connectivity index (χ1) is 11.3. The fourth-order valence-electron chi connectivity index (χ4n) is 4.29. The van der Waals surface area contributed by atoms with E-state index in [4.69, 9.17) is 4.74 Å². The lowest BCUT2D eigenvalue weighted by atomic mass is 10.1. The number of hydrogen-bond acceptors (Lipinski definition) is 3. The Morgan fingerprint density at radius 3 is 2.83 bits per heavy atom. The largest absolute Gasteiger partial charge is 0.497 e. The molecule has 0 spiro atoms. The van der Waals surface area contributed by atoms with Gasteiger partial charge >= 0.3 is 0 Å². The SMILES string of the molecule is COc1cccc([C@@H]2C[C@H]2C(=O)N2CC[C@@H](N3CCCC3)C2)c1. The van der Waals surface area contributed by atoms with E-state index in [1.807, 2.05) is 12.1 Å². The van der Waals surface area contributed by atoms with Gasteiger partial charge in [0.05, 0.1) is 7.11 Å². The van der Waals surface area contributed by atoms with E-state index in [1.54, 1.807) is 7.11 Å². The van der Waals surface area contributed by atoms with Gasteiger partial charge in [-0.05, 0) is 62.4 Å². The van der Waals surface area contributed by atoms with Gasteiger partial charge in [-0.15, -0.1) is 0 Å². The Morgan fingerprint density at radius 1 is 1.22 bits per heavy atom. The molecule has 1 aliphatic carbocycles. The fraction of sp³-hybridized carbons (Fsp3) is 0.632. The highest BCUT2D eigenvalue weighted by Crippen LogP contribution is 2.49. The highest BCUT2D eigenvalue weighted by molar-refractivity contribution is 5.83. The van der Waals surface area contributed by atoms with Crippen molar-refractivity contribution in [3.05, 3.63) is 29.8 Å². The molecule has 4 heteroatoms. The molecule has 1 amide bonds. The number of likely N-dealkylation sites (tertiary alicyclic amines) is 2. The van der Waals surface area contributed by atoms with Crippen LogP contribution in [0.15, 0.2) is 24.3 Å². The molecule has 4 rings (SSSR count). The predicted octanol–water partition coefficient (Wildman–Crippen LogP) is 2.50. The molecule has 0 N–H and O–H groups in total. The molecule has 2 heterocycles. The van der Waals surface area contributed by atoms with Crippen LogP contribution in [0.2, 0.25) is 0 Å². The van der Waals surface area contributed by atoms with E-state index >= 15 is 0 Å². The summed E-state index contributed by atoms with van der Waals surface area (Å²) >= 11 is 0. The number of amides is 1. The zero-order valence-electron chi connectivity index (χ0n) is 13.9. The highest BCUT2D eigenvalue weighted by Gasteiger charge is 2.47. The van der Waals surface area contributed by atoms with Crippen molar-refractivity contribution in [1.29, 1.82) is 0 Å². The van der Waals surface area contributed by atoms with Crippen molar-refractivity contribution in [2.45, 2.75) is 37.6 Å². The Labute approximate surface area is 138 Å². The Bertz CT molecular complexity index is 582. The normalized spacial score (nSPS) is 30.7. The molecule has 124 valence electrons. The first-order valence-corrected chi connectivity index (χ1v) is 8.93. The van der Waals surface area contributed by atoms with Gasteiger partial charge < -0.3 is 9.64 Å². The van der Waals surface area contributed by atoms with Gasteiger partial charge in [-0.2, -0.15) is 0 Å². The van der Waals surface area contributed by atoms with Crippen LogP contribution in [0, 0.1) is 5.92 Å². The van der Waals surface area contributed by atoms with Crippen LogP contribution in [0.5, 0.6) is 5.75 Å². The first kappa shape index (κ1) is 15.0. The van der Waals surface area contributed by atoms with Gasteiger partial charge in [0.2, 0.25) is 5.91 Å². The Hall–Kier alpha value is -1.55. The van der Waals surface area contributed by atoms with Crippen molar-refractivity contribution < 1.29 is 9.53 Å². The number of carbonyl (C=O) groups is 1. The lowest BCUT2D eigenvalue weighted by Gasteiger charge is -2.23. The van der Waals surface area contributed by atoms with Crippen LogP contribution in [-0.2, 0) is 4.79 Å². The van der Waals surface area contributed by atoms with Crippen molar-refractivity contribution >= 4 is 5.91 Å². The summed E-state index contributed by atoms with van der Waals surface area (Å²) in [6.07, 6.45) is 4.80. The molecule has 0 unspecified atom stereocenters. The number of hydrogen-bond donors (Lipinski definition) is 0. The second kappa shape index (κ2) is 6.16. The summed E-state index contributed by atoms with van der Waals surface area (Å²) in [4.78, 5) is 17.5. The van der Waals surface area contributed by atoms with Gasteiger partial charge in [0.25, 0.3) is 0 Å². The Balaban J connectivity index is 1.35. The van der Waals surface area contributed by atoms with Crippen LogP contribution in [0.3, 0.4) is 0 Å². The number of rotatable bonds is 4. The Morgan fingerprint density at radius 2 is 2.04 bits per heavy atom. The third-order valence-electron chi connectivity index (χ3n) is 5.76. The highest BCUT2D eigenvalue weighted by atomic mass is 16.5. The molecule has 0 bridgehead atoms. The van der Waals surface area contributed by atoms with Gasteiger partial charge in [0.15, 0.2) is 0 Å². The van der Waals surface area contributed by atoms with E-state index < -0.39 is 0 Å². The van der Waals surface area contributed by atoms with Gasteiger partial charge in [0, 0.05) is 25.0 Å². The minimum atomic E-state index is 0.194. The van der Waals surface area contributed by atoms with Crippen LogP contribution in [-0.4, -0.2) is 55.0 Å². The number of nitrogens with zero attached hydrogens (tertiary/aromatic N) is 2. The first-order valence-electron chi connectivity index (χ1n) is 8.93. The summed E-state index contributed by atoms with van der Waals surface area (Å²) in [6.45, 7) is 4.34. The molecular weight excluding hydrogens is 288 g/mol. The maximum atomic E-state index is 12.8. The summed E-state index contributed by atoms with van der Waals surface area (Å²) in [5.41, 5.74) is 1.25. The van der Waals surface area contributed by atoms with E-state index in [0.717, 1.165) is 31.7 Å². The third-order valence-corrected chi connectivity index (χ3v) is 5.76. The van der Waals surface area contributed by atoms with Crippen molar-refractivity contribution in [2.24, 2.45) is 5.92 Å². The molecule has 1 aromatic carbocycles. The minimum absolute atomic E-state index is 0.194. The van der Waals surface area contributed by atoms with Crippen LogP contribution >= 0.6 is 0 Å². The molecule has 4 nitrogen and oxygen atoms in total. The topological polar surface area (TPSA) is 32.8 Å². The van der Waals surface area contributed by atoms with Crippen molar-refractivity contribution in [3.63, 3.8) is 0 Å². The van der Waals surface area contributed by atoms with Crippen LogP contribution < -0.4 is 4.74 Å². The van der Waals surface area contributed by atoms with Crippen LogP contribution in [0.1, 0.15) is 37.2 Å². The van der Waals surface area contributed by atoms with Crippen LogP contribution in [0.25, 0.3) is 0 Å². The Kier molecular flexibility index (Phi) is 4.02. The molecule has 1 aromatic rings. The molecule has 2 saturated heterocycles. The second-order valence-corrected chi connectivity index (χ2v) is 7.20. The van der Waals surface area contributed by atoms with Gasteiger partial charge in [-0.3, -0.25) is 9.69 Å². The predicted molar refractivity (Wildman–Crippen MR) is 89.6 cm³/mol. The summed E-state index contributed by atoms with van der Waals surface area (Å²) in [5.74, 6) is 1.85. The molecule has 1 saturated carbocycles. The molecule has 23 heavy (non-hydrogen) atoms. The van der Waals surface area contributed by atoms with E-state index in [-0.39, 0.29) is 5.92 Å². The van der Waals surface area contributed by atoms with Crippen molar-refractivity contribution in [2.75, 3.05) is 33.3 Å². The molecule has 2 aliphatic heterocycles. The van der Waals surface area contributed by atoms with Crippen LogP contribution in [0.4, 0.5) is 0 Å². The van der Waals surface area contributed by atoms with Crippen molar-refractivity contribution in [1.82, 2.24) is 9.80 Å². The maximum Gasteiger partial charge on any atom is 0.226 e. The molecular formula is C19H26N2O2. The molecule has 3 aliphatic rings. The zero-order chi connectivity index (χ0) is 15.8. The average Bonchev–Trinajstić information content (AvgIpc) is 3.00. The molecule has 0 aromatic heterocycles. The third kappa shape index (κ3) is 2.97. The molecule has 0 radical (unpaired) electrons. The molecule has 3 atom stereocenters. The quantitative estimate of drug-likeness (QED) is 0.856. The lowest BCUT2D eigenvalue weighted by Crippen LogP contribution is -2.37. The average molecular weight is 314 g/mol. The van der Waals surface area contributed by atoms with E-state index in [0.29, 0.717) is 17.9 Å². The van der Waals surface area contributed by atoms with Gasteiger partial charge in [-0.25, -0.2) is 0 Å². The maximum absolute atomic E-state index is 12.8. The summed E-state index contributed by atoms with van der Waals surface area (Å²) in [6, 6.07) is 8.79. The standard InChI is InChI=1S/C19H26N2O2/c1-23-16-6-4-5-14(11-16)17-12-18(17)19(22)21-10-7-15(13-21)20-8-2-3-9-20/h4-6,11,15,17-18H,2-3,7-10,12-13H2,1H3/t15-,17+,18-/m1/s1. The smallest absolute Gasteiger partial charge is 0.226 e. The monoisotopic (exact) mass is 314 g/mol. The number of carbonyl (C=O) groups excluding carboxylic acids is 1. The summed E-state index contributed by atoms with van der Waals surface area (Å²) in [7, 11) is 1.69. The van der Waals surface area contributed by atoms with Crippen molar-refractivity contribution in [3.8, 4) is 5.75 Å². The van der Waals surface area contributed by atoms with Gasteiger partial charge in [0.1, 0.15) is 5.75 Å². The zero-order valence-corrected chi connectivity index (χ0v) is 13.9. The van der Waals surface area contributed by atoms with E-state index in [9.17, 15) is 4.79 Å².